The fourth-order valence-electron chi connectivity index (χ4n) is 2.63. The minimum absolute atomic E-state index is 0.300. The van der Waals surface area contributed by atoms with Crippen LogP contribution in [0.3, 0.4) is 0 Å². The summed E-state index contributed by atoms with van der Waals surface area (Å²) in [5.41, 5.74) is -0.238. The maximum Gasteiger partial charge on any atom is 0.349 e. The number of halogens is 2. The molecule has 0 N–H and O–H groups in total. The molecule has 0 bridgehead atoms. The highest BCUT2D eigenvalue weighted by molar-refractivity contribution is 5.79. The summed E-state index contributed by atoms with van der Waals surface area (Å²) in [5.74, 6) is -1.20. The van der Waals surface area contributed by atoms with E-state index in [0.717, 1.165) is 31.7 Å². The summed E-state index contributed by atoms with van der Waals surface area (Å²) in [6.07, 6.45) is 4.12. The Balaban J connectivity index is 1.97. The molecule has 0 heterocycles. The van der Waals surface area contributed by atoms with E-state index >= 15 is 0 Å². The molecule has 146 valence electrons. The van der Waals surface area contributed by atoms with Gasteiger partial charge in [0.2, 0.25) is 0 Å². The molecule has 0 aliphatic rings. The molecule has 2 aromatic carbocycles. The van der Waals surface area contributed by atoms with Crippen LogP contribution in [0.1, 0.15) is 46.5 Å². The molecule has 0 fully saturated rings. The second-order valence-electron chi connectivity index (χ2n) is 6.96. The van der Waals surface area contributed by atoms with E-state index in [9.17, 15) is 13.6 Å². The second-order valence-corrected chi connectivity index (χ2v) is 6.96. The Morgan fingerprint density at radius 3 is 2.33 bits per heavy atom. The lowest BCUT2D eigenvalue weighted by atomic mass is 10.0. The average Bonchev–Trinajstić information content (AvgIpc) is 2.62. The highest BCUT2D eigenvalue weighted by Gasteiger charge is 2.31. The molecule has 0 saturated carbocycles. The van der Waals surface area contributed by atoms with Crippen LogP contribution in [0.4, 0.5) is 8.78 Å². The van der Waals surface area contributed by atoms with Crippen LogP contribution in [-0.2, 0) is 9.53 Å². The highest BCUT2D eigenvalue weighted by Crippen LogP contribution is 2.27. The van der Waals surface area contributed by atoms with Gasteiger partial charge in [-0.15, -0.1) is 0 Å². The molecule has 0 radical (unpaired) electrons. The first kappa shape index (κ1) is 20.9. The molecular weight excluding hydrogens is 350 g/mol. The first-order valence-corrected chi connectivity index (χ1v) is 9.25. The standard InChI is InChI=1S/C22H26F2O3/c1-4-5-6-7-14-26-21(25)22(2,3)27-18-11-8-16(9-12-18)19-13-10-17(23)15-20(19)24/h8-13,15H,4-7,14H2,1-3H3. The summed E-state index contributed by atoms with van der Waals surface area (Å²) in [4.78, 5) is 12.2. The van der Waals surface area contributed by atoms with E-state index in [1.807, 2.05) is 0 Å². The molecule has 2 aromatic rings. The maximum absolute atomic E-state index is 13.9. The van der Waals surface area contributed by atoms with E-state index in [1.54, 1.807) is 38.1 Å². The van der Waals surface area contributed by atoms with Crippen LogP contribution in [0.15, 0.2) is 42.5 Å². The zero-order valence-electron chi connectivity index (χ0n) is 16.1. The number of carbonyl (C=O) groups is 1. The van der Waals surface area contributed by atoms with Crippen molar-refractivity contribution in [3.63, 3.8) is 0 Å². The van der Waals surface area contributed by atoms with E-state index in [0.29, 0.717) is 23.5 Å². The number of esters is 1. The number of hydrogen-bond donors (Lipinski definition) is 0. The number of ether oxygens (including phenoxy) is 2. The normalized spacial score (nSPS) is 11.3. The van der Waals surface area contributed by atoms with Crippen molar-refractivity contribution < 1.29 is 23.0 Å². The van der Waals surface area contributed by atoms with Crippen molar-refractivity contribution in [2.45, 2.75) is 52.1 Å². The molecule has 0 atom stereocenters. The quantitative estimate of drug-likeness (QED) is 0.403. The van der Waals surface area contributed by atoms with Crippen LogP contribution in [0.25, 0.3) is 11.1 Å². The molecule has 0 amide bonds. The molecule has 0 unspecified atom stereocenters. The third-order valence-electron chi connectivity index (χ3n) is 4.19. The topological polar surface area (TPSA) is 35.5 Å². The summed E-state index contributed by atoms with van der Waals surface area (Å²) in [5, 5.41) is 0. The summed E-state index contributed by atoms with van der Waals surface area (Å²) in [6.45, 7) is 5.80. The van der Waals surface area contributed by atoms with Gasteiger partial charge in [-0.2, -0.15) is 0 Å². The number of hydrogen-bond acceptors (Lipinski definition) is 3. The minimum atomic E-state index is -1.13. The Labute approximate surface area is 159 Å². The number of carbonyl (C=O) groups excluding carboxylic acids is 1. The van der Waals surface area contributed by atoms with E-state index in [1.165, 1.54) is 12.1 Å². The van der Waals surface area contributed by atoms with Crippen molar-refractivity contribution in [1.82, 2.24) is 0 Å². The fraction of sp³-hybridized carbons (Fsp3) is 0.409. The van der Waals surface area contributed by atoms with Crippen molar-refractivity contribution in [2.75, 3.05) is 6.61 Å². The lowest BCUT2D eigenvalue weighted by molar-refractivity contribution is -0.159. The van der Waals surface area contributed by atoms with Gasteiger partial charge < -0.3 is 9.47 Å². The Hall–Kier alpha value is -2.43. The number of rotatable bonds is 9. The Bertz CT molecular complexity index is 755. The smallest absolute Gasteiger partial charge is 0.349 e. The predicted octanol–water partition coefficient (Wildman–Crippen LogP) is 5.91. The van der Waals surface area contributed by atoms with Crippen LogP contribution in [0.2, 0.25) is 0 Å². The van der Waals surface area contributed by atoms with Crippen LogP contribution in [0.5, 0.6) is 5.75 Å². The molecule has 2 rings (SSSR count). The summed E-state index contributed by atoms with van der Waals surface area (Å²) in [7, 11) is 0. The Morgan fingerprint density at radius 1 is 1.00 bits per heavy atom. The SMILES string of the molecule is CCCCCCOC(=O)C(C)(C)Oc1ccc(-c2ccc(F)cc2F)cc1. The summed E-state index contributed by atoms with van der Waals surface area (Å²) < 4.78 is 38.0. The van der Waals surface area contributed by atoms with Crippen LogP contribution in [-0.4, -0.2) is 18.2 Å². The van der Waals surface area contributed by atoms with Gasteiger partial charge in [0.25, 0.3) is 0 Å². The molecule has 0 aliphatic heterocycles. The zero-order chi connectivity index (χ0) is 19.9. The Kier molecular flexibility index (Phi) is 7.34. The molecular formula is C22H26F2O3. The lowest BCUT2D eigenvalue weighted by Crippen LogP contribution is -2.39. The van der Waals surface area contributed by atoms with Gasteiger partial charge in [0.15, 0.2) is 5.60 Å². The van der Waals surface area contributed by atoms with Crippen LogP contribution < -0.4 is 4.74 Å². The molecule has 0 spiro atoms. The van der Waals surface area contributed by atoms with Crippen LogP contribution >= 0.6 is 0 Å². The van der Waals surface area contributed by atoms with Gasteiger partial charge in [-0.25, -0.2) is 13.6 Å². The van der Waals surface area contributed by atoms with E-state index in [-0.39, 0.29) is 0 Å². The summed E-state index contributed by atoms with van der Waals surface area (Å²) in [6, 6.07) is 10.1. The molecule has 0 saturated heterocycles. The van der Waals surface area contributed by atoms with Gasteiger partial charge in [-0.05, 0) is 50.1 Å². The van der Waals surface area contributed by atoms with Crippen molar-refractivity contribution in [3.8, 4) is 16.9 Å². The molecule has 0 aromatic heterocycles. The average molecular weight is 376 g/mol. The highest BCUT2D eigenvalue weighted by atomic mass is 19.1. The molecule has 3 nitrogen and oxygen atoms in total. The van der Waals surface area contributed by atoms with Crippen LogP contribution in [0, 0.1) is 11.6 Å². The van der Waals surface area contributed by atoms with Gasteiger partial charge in [-0.1, -0.05) is 38.3 Å². The third kappa shape index (κ3) is 6.05. The molecule has 0 aliphatic carbocycles. The van der Waals surface area contributed by atoms with Gasteiger partial charge in [0, 0.05) is 11.6 Å². The first-order chi connectivity index (χ1) is 12.8. The Morgan fingerprint density at radius 2 is 1.70 bits per heavy atom. The van der Waals surface area contributed by atoms with Crippen molar-refractivity contribution >= 4 is 5.97 Å². The van der Waals surface area contributed by atoms with Crippen molar-refractivity contribution in [3.05, 3.63) is 54.1 Å². The largest absolute Gasteiger partial charge is 0.476 e. The zero-order valence-corrected chi connectivity index (χ0v) is 16.1. The maximum atomic E-state index is 13.9. The number of benzene rings is 2. The monoisotopic (exact) mass is 376 g/mol. The first-order valence-electron chi connectivity index (χ1n) is 9.25. The second kappa shape index (κ2) is 9.49. The van der Waals surface area contributed by atoms with E-state index < -0.39 is 23.2 Å². The van der Waals surface area contributed by atoms with Gasteiger partial charge in [0.05, 0.1) is 6.61 Å². The summed E-state index contributed by atoms with van der Waals surface area (Å²) >= 11 is 0. The van der Waals surface area contributed by atoms with Crippen molar-refractivity contribution in [2.24, 2.45) is 0 Å². The van der Waals surface area contributed by atoms with Gasteiger partial charge in [0.1, 0.15) is 17.4 Å². The molecule has 27 heavy (non-hydrogen) atoms. The van der Waals surface area contributed by atoms with Gasteiger partial charge in [-0.3, -0.25) is 0 Å². The van der Waals surface area contributed by atoms with E-state index in [4.69, 9.17) is 9.47 Å². The lowest BCUT2D eigenvalue weighted by Gasteiger charge is -2.24. The predicted molar refractivity (Wildman–Crippen MR) is 102 cm³/mol. The van der Waals surface area contributed by atoms with Crippen molar-refractivity contribution in [1.29, 1.82) is 0 Å². The molecule has 5 heteroatoms. The third-order valence-corrected chi connectivity index (χ3v) is 4.19. The number of unbranched alkanes of at least 4 members (excludes halogenated alkanes) is 3. The van der Waals surface area contributed by atoms with Gasteiger partial charge >= 0.3 is 5.97 Å². The fourth-order valence-corrected chi connectivity index (χ4v) is 2.63. The van der Waals surface area contributed by atoms with E-state index in [2.05, 4.69) is 6.92 Å². The minimum Gasteiger partial charge on any atom is -0.476 e.